The van der Waals surface area contributed by atoms with Crippen LogP contribution in [0.15, 0.2) is 18.2 Å². The molecule has 1 rings (SSSR count). The number of ether oxygens (including phenoxy) is 2. The molecule has 0 heterocycles. The van der Waals surface area contributed by atoms with Crippen LogP contribution in [-0.2, 0) is 0 Å². The molecule has 0 aliphatic carbocycles. The van der Waals surface area contributed by atoms with Gasteiger partial charge in [0.15, 0.2) is 0 Å². The van der Waals surface area contributed by atoms with Gasteiger partial charge >= 0.3 is 0 Å². The van der Waals surface area contributed by atoms with Crippen molar-refractivity contribution >= 4 is 15.9 Å². The minimum absolute atomic E-state index is 0.776. The van der Waals surface area contributed by atoms with E-state index in [9.17, 15) is 0 Å². The van der Waals surface area contributed by atoms with Crippen LogP contribution in [0, 0.1) is 11.8 Å². The van der Waals surface area contributed by atoms with Crippen molar-refractivity contribution < 1.29 is 9.47 Å². The van der Waals surface area contributed by atoms with Gasteiger partial charge in [-0.05, 0) is 18.2 Å². The van der Waals surface area contributed by atoms with Crippen LogP contribution in [0.25, 0.3) is 0 Å². The molecular weight excluding hydrogens is 256 g/mol. The highest BCUT2D eigenvalue weighted by Crippen LogP contribution is 2.22. The minimum Gasteiger partial charge on any atom is -0.497 e. The van der Waals surface area contributed by atoms with Gasteiger partial charge in [0.05, 0.1) is 19.8 Å². The molecule has 0 atom stereocenters. The molecule has 0 bridgehead atoms. The van der Waals surface area contributed by atoms with Gasteiger partial charge < -0.3 is 9.47 Å². The molecule has 0 aromatic heterocycles. The van der Waals surface area contributed by atoms with Crippen LogP contribution in [0.2, 0.25) is 0 Å². The molecule has 1 aromatic carbocycles. The molecule has 1 aromatic rings. The summed E-state index contributed by atoms with van der Waals surface area (Å²) in [6.45, 7) is 0. The van der Waals surface area contributed by atoms with Gasteiger partial charge in [-0.3, -0.25) is 0 Å². The maximum atomic E-state index is 5.21. The van der Waals surface area contributed by atoms with Gasteiger partial charge in [0, 0.05) is 11.8 Å². The maximum absolute atomic E-state index is 5.21. The number of benzene rings is 1. The summed E-state index contributed by atoms with van der Waals surface area (Å²) in [5.41, 5.74) is 0.859. The lowest BCUT2D eigenvalue weighted by molar-refractivity contribution is 0.402. The Labute approximate surface area is 98.7 Å². The molecule has 15 heavy (non-hydrogen) atoms. The van der Waals surface area contributed by atoms with E-state index in [2.05, 4.69) is 27.8 Å². The summed E-state index contributed by atoms with van der Waals surface area (Å²) in [4.78, 5) is 0. The van der Waals surface area contributed by atoms with Crippen LogP contribution >= 0.6 is 15.9 Å². The van der Waals surface area contributed by atoms with Crippen molar-refractivity contribution in [1.82, 2.24) is 0 Å². The van der Waals surface area contributed by atoms with Gasteiger partial charge in [0.2, 0.25) is 0 Å². The molecule has 0 N–H and O–H groups in total. The fourth-order valence-corrected chi connectivity index (χ4v) is 1.31. The first-order chi connectivity index (χ1) is 7.31. The van der Waals surface area contributed by atoms with Crippen molar-refractivity contribution in [3.05, 3.63) is 23.8 Å². The molecule has 0 saturated heterocycles. The summed E-state index contributed by atoms with van der Waals surface area (Å²) >= 11 is 3.33. The number of halogens is 1. The van der Waals surface area contributed by atoms with E-state index in [1.807, 2.05) is 18.2 Å². The highest BCUT2D eigenvalue weighted by Gasteiger charge is 2.01. The predicted octanol–water partition coefficient (Wildman–Crippen LogP) is 2.84. The second kappa shape index (κ2) is 6.36. The Kier molecular flexibility index (Phi) is 5.06. The van der Waals surface area contributed by atoms with Crippen LogP contribution in [0.3, 0.4) is 0 Å². The molecule has 0 fully saturated rings. The van der Waals surface area contributed by atoms with Gasteiger partial charge in [-0.2, -0.15) is 0 Å². The van der Waals surface area contributed by atoms with Crippen LogP contribution in [0.1, 0.15) is 12.0 Å². The Morgan fingerprint density at radius 3 is 2.67 bits per heavy atom. The highest BCUT2D eigenvalue weighted by molar-refractivity contribution is 9.09. The Morgan fingerprint density at radius 1 is 1.27 bits per heavy atom. The zero-order valence-electron chi connectivity index (χ0n) is 8.84. The highest BCUT2D eigenvalue weighted by atomic mass is 79.9. The Bertz CT molecular complexity index is 377. The first-order valence-electron chi connectivity index (χ1n) is 4.58. The van der Waals surface area contributed by atoms with Crippen molar-refractivity contribution in [2.75, 3.05) is 19.5 Å². The van der Waals surface area contributed by atoms with Gasteiger partial charge in [0.1, 0.15) is 11.5 Å². The lowest BCUT2D eigenvalue weighted by Crippen LogP contribution is -1.90. The number of alkyl halides is 1. The summed E-state index contributed by atoms with van der Waals surface area (Å²) in [5, 5.41) is 0.881. The third-order valence-electron chi connectivity index (χ3n) is 1.85. The van der Waals surface area contributed by atoms with E-state index >= 15 is 0 Å². The van der Waals surface area contributed by atoms with Crippen LogP contribution < -0.4 is 9.47 Å². The first kappa shape index (κ1) is 11.9. The molecule has 80 valence electrons. The zero-order valence-corrected chi connectivity index (χ0v) is 10.4. The summed E-state index contributed by atoms with van der Waals surface area (Å²) in [7, 11) is 3.27. The second-order valence-corrected chi connectivity index (χ2v) is 3.60. The third-order valence-corrected chi connectivity index (χ3v) is 2.25. The number of hydrogen-bond donors (Lipinski definition) is 0. The smallest absolute Gasteiger partial charge is 0.134 e. The van der Waals surface area contributed by atoms with Crippen LogP contribution in [0.5, 0.6) is 11.5 Å². The van der Waals surface area contributed by atoms with Gasteiger partial charge in [-0.15, -0.1) is 0 Å². The molecule has 3 heteroatoms. The van der Waals surface area contributed by atoms with E-state index in [0.717, 1.165) is 28.8 Å². The van der Waals surface area contributed by atoms with Crippen LogP contribution in [-0.4, -0.2) is 19.5 Å². The fraction of sp³-hybridized carbons (Fsp3) is 0.333. The molecule has 0 saturated carbocycles. The molecule has 0 aliphatic heterocycles. The summed E-state index contributed by atoms with van der Waals surface area (Å²) in [6.07, 6.45) is 0.820. The van der Waals surface area contributed by atoms with E-state index in [1.165, 1.54) is 0 Å². The van der Waals surface area contributed by atoms with Gasteiger partial charge in [-0.25, -0.2) is 0 Å². The summed E-state index contributed by atoms with van der Waals surface area (Å²) < 4.78 is 10.3. The number of hydrogen-bond acceptors (Lipinski definition) is 2. The van der Waals surface area contributed by atoms with Gasteiger partial charge in [0.25, 0.3) is 0 Å². The van der Waals surface area contributed by atoms with Crippen molar-refractivity contribution in [2.24, 2.45) is 0 Å². The molecule has 0 radical (unpaired) electrons. The lowest BCUT2D eigenvalue weighted by atomic mass is 10.2. The minimum atomic E-state index is 0.776. The SMILES string of the molecule is COc1ccc(OC)c(C#CCCBr)c1. The van der Waals surface area contributed by atoms with E-state index in [-0.39, 0.29) is 0 Å². The largest absolute Gasteiger partial charge is 0.497 e. The number of methoxy groups -OCH3 is 2. The fourth-order valence-electron chi connectivity index (χ4n) is 1.12. The van der Waals surface area contributed by atoms with E-state index in [0.29, 0.717) is 0 Å². The Hall–Kier alpha value is -1.14. The topological polar surface area (TPSA) is 18.5 Å². The zero-order chi connectivity index (χ0) is 11.1. The molecule has 0 aliphatic rings. The molecule has 0 unspecified atom stereocenters. The normalized spacial score (nSPS) is 9.00. The molecule has 0 amide bonds. The Morgan fingerprint density at radius 2 is 2.07 bits per heavy atom. The predicted molar refractivity (Wildman–Crippen MR) is 64.8 cm³/mol. The monoisotopic (exact) mass is 268 g/mol. The first-order valence-corrected chi connectivity index (χ1v) is 5.71. The van der Waals surface area contributed by atoms with Gasteiger partial charge in [-0.1, -0.05) is 27.8 Å². The number of rotatable bonds is 3. The van der Waals surface area contributed by atoms with Crippen LogP contribution in [0.4, 0.5) is 0 Å². The lowest BCUT2D eigenvalue weighted by Gasteiger charge is -2.05. The molecule has 0 spiro atoms. The summed E-state index contributed by atoms with van der Waals surface area (Å²) in [6, 6.07) is 5.59. The van der Waals surface area contributed by atoms with E-state index in [1.54, 1.807) is 14.2 Å². The van der Waals surface area contributed by atoms with Crippen molar-refractivity contribution in [3.8, 4) is 23.3 Å². The van der Waals surface area contributed by atoms with E-state index in [4.69, 9.17) is 9.47 Å². The Balaban J connectivity index is 2.97. The second-order valence-electron chi connectivity index (χ2n) is 2.81. The van der Waals surface area contributed by atoms with Crippen molar-refractivity contribution in [2.45, 2.75) is 6.42 Å². The maximum Gasteiger partial charge on any atom is 0.134 e. The average Bonchev–Trinajstić information content (AvgIpc) is 2.29. The quantitative estimate of drug-likeness (QED) is 0.620. The van der Waals surface area contributed by atoms with Crippen molar-refractivity contribution in [1.29, 1.82) is 0 Å². The average molecular weight is 269 g/mol. The third kappa shape index (κ3) is 3.49. The molecule has 2 nitrogen and oxygen atoms in total. The van der Waals surface area contributed by atoms with Crippen molar-refractivity contribution in [3.63, 3.8) is 0 Å². The molecular formula is C12H13BrO2. The standard InChI is InChI=1S/C12H13BrO2/c1-14-11-6-7-12(15-2)10(9-11)5-3-4-8-13/h6-7,9H,4,8H2,1-2H3. The summed E-state index contributed by atoms with van der Waals surface area (Å²) in [5.74, 6) is 7.67. The van der Waals surface area contributed by atoms with E-state index < -0.39 is 0 Å².